The normalized spacial score (nSPS) is 16.6. The van der Waals surface area contributed by atoms with E-state index in [0.717, 1.165) is 54.5 Å². The van der Waals surface area contributed by atoms with Crippen molar-refractivity contribution in [1.82, 2.24) is 25.1 Å². The smallest absolute Gasteiger partial charge is 0.173 e. The van der Waals surface area contributed by atoms with E-state index in [1.165, 1.54) is 0 Å². The number of tetrazole rings is 1. The zero-order valence-electron chi connectivity index (χ0n) is 16.9. The van der Waals surface area contributed by atoms with E-state index in [4.69, 9.17) is 4.74 Å². The summed E-state index contributed by atoms with van der Waals surface area (Å²) in [5.41, 5.74) is 2.19. The highest BCUT2D eigenvalue weighted by molar-refractivity contribution is 5.32. The quantitative estimate of drug-likeness (QED) is 0.693. The number of rotatable bonds is 6. The number of aromatic nitrogens is 4. The maximum Gasteiger partial charge on any atom is 0.173 e. The van der Waals surface area contributed by atoms with E-state index < -0.39 is 0 Å². The van der Waals surface area contributed by atoms with Gasteiger partial charge in [0.05, 0.1) is 19.7 Å². The molecule has 1 saturated heterocycles. The third kappa shape index (κ3) is 4.40. The molecule has 2 heterocycles. The van der Waals surface area contributed by atoms with E-state index in [9.17, 15) is 5.11 Å². The number of ether oxygens (including phenoxy) is 1. The first-order valence-corrected chi connectivity index (χ1v) is 10.1. The average molecular weight is 393 g/mol. The predicted octanol–water partition coefficient (Wildman–Crippen LogP) is 3.26. The predicted molar refractivity (Wildman–Crippen MR) is 110 cm³/mol. The van der Waals surface area contributed by atoms with Crippen LogP contribution in [0.2, 0.25) is 0 Å². The molecule has 0 spiro atoms. The van der Waals surface area contributed by atoms with Crippen LogP contribution in [0, 0.1) is 5.92 Å². The van der Waals surface area contributed by atoms with Crippen LogP contribution in [0.4, 0.5) is 0 Å². The summed E-state index contributed by atoms with van der Waals surface area (Å²) in [6, 6.07) is 15.3. The second-order valence-corrected chi connectivity index (χ2v) is 7.76. The van der Waals surface area contributed by atoms with E-state index in [2.05, 4.69) is 27.3 Å². The van der Waals surface area contributed by atoms with Gasteiger partial charge in [-0.15, -0.1) is 5.10 Å². The van der Waals surface area contributed by atoms with Gasteiger partial charge in [0.25, 0.3) is 0 Å². The van der Waals surface area contributed by atoms with E-state index in [1.54, 1.807) is 19.2 Å². The number of piperidine rings is 1. The molecule has 1 atom stereocenters. The Morgan fingerprint density at radius 3 is 2.41 bits per heavy atom. The van der Waals surface area contributed by atoms with Crippen LogP contribution in [-0.2, 0) is 6.54 Å². The molecule has 4 rings (SSSR count). The van der Waals surface area contributed by atoms with Crippen LogP contribution in [0.5, 0.6) is 11.5 Å². The Balaban J connectivity index is 1.65. The molecule has 1 aliphatic rings. The van der Waals surface area contributed by atoms with Gasteiger partial charge in [-0.2, -0.15) is 0 Å². The number of phenolic OH excluding ortho intramolecular Hbond substituents is 1. The van der Waals surface area contributed by atoms with Gasteiger partial charge in [0.2, 0.25) is 0 Å². The highest BCUT2D eigenvalue weighted by Gasteiger charge is 2.30. The van der Waals surface area contributed by atoms with Crippen LogP contribution in [0.3, 0.4) is 0 Å². The molecule has 3 aromatic rings. The van der Waals surface area contributed by atoms with Gasteiger partial charge in [-0.1, -0.05) is 31.2 Å². The van der Waals surface area contributed by atoms with Gasteiger partial charge in [-0.3, -0.25) is 4.90 Å². The lowest BCUT2D eigenvalue weighted by Crippen LogP contribution is -2.38. The number of phenols is 1. The SMILES string of the molecule is COc1ccc(Cn2nnnc2C(c2ccc(O)cc2)N2CCC(C)CC2)cc1. The second kappa shape index (κ2) is 8.61. The summed E-state index contributed by atoms with van der Waals surface area (Å²) in [5.74, 6) is 2.65. The van der Waals surface area contributed by atoms with E-state index in [1.807, 2.05) is 41.1 Å². The first-order valence-electron chi connectivity index (χ1n) is 10.1. The van der Waals surface area contributed by atoms with Gasteiger partial charge in [0.15, 0.2) is 5.82 Å². The van der Waals surface area contributed by atoms with Gasteiger partial charge >= 0.3 is 0 Å². The van der Waals surface area contributed by atoms with Gasteiger partial charge in [-0.25, -0.2) is 4.68 Å². The Bertz CT molecular complexity index is 915. The summed E-state index contributed by atoms with van der Waals surface area (Å²) in [4.78, 5) is 2.45. The third-order valence-electron chi connectivity index (χ3n) is 5.69. The van der Waals surface area contributed by atoms with Crippen LogP contribution < -0.4 is 4.74 Å². The van der Waals surface area contributed by atoms with Gasteiger partial charge in [0.1, 0.15) is 11.5 Å². The second-order valence-electron chi connectivity index (χ2n) is 7.76. The van der Waals surface area contributed by atoms with Gasteiger partial charge in [-0.05, 0) is 77.7 Å². The fraction of sp³-hybridized carbons (Fsp3) is 0.409. The zero-order valence-corrected chi connectivity index (χ0v) is 16.9. The number of nitrogens with zero attached hydrogens (tertiary/aromatic N) is 5. The number of methoxy groups -OCH3 is 1. The van der Waals surface area contributed by atoms with Crippen LogP contribution in [0.1, 0.15) is 42.8 Å². The summed E-state index contributed by atoms with van der Waals surface area (Å²) in [6.45, 7) is 4.90. The lowest BCUT2D eigenvalue weighted by atomic mass is 9.95. The van der Waals surface area contributed by atoms with Crippen molar-refractivity contribution in [3.05, 3.63) is 65.5 Å². The van der Waals surface area contributed by atoms with Gasteiger partial charge in [0, 0.05) is 0 Å². The lowest BCUT2D eigenvalue weighted by molar-refractivity contribution is 0.150. The van der Waals surface area contributed by atoms with E-state index >= 15 is 0 Å². The van der Waals surface area contributed by atoms with Crippen molar-refractivity contribution in [3.8, 4) is 11.5 Å². The first-order chi connectivity index (χ1) is 14.1. The molecule has 0 aliphatic carbocycles. The van der Waals surface area contributed by atoms with Crippen molar-refractivity contribution >= 4 is 0 Å². The Kier molecular flexibility index (Phi) is 5.76. The summed E-state index contributed by atoms with van der Waals surface area (Å²) in [6.07, 6.45) is 2.32. The molecule has 152 valence electrons. The highest BCUT2D eigenvalue weighted by atomic mass is 16.5. The van der Waals surface area contributed by atoms with Crippen LogP contribution in [-0.4, -0.2) is 50.4 Å². The fourth-order valence-corrected chi connectivity index (χ4v) is 3.89. The molecule has 1 aliphatic heterocycles. The minimum absolute atomic E-state index is 0.0450. The molecule has 7 nitrogen and oxygen atoms in total. The molecule has 1 N–H and O–H groups in total. The lowest BCUT2D eigenvalue weighted by Gasteiger charge is -2.36. The molecule has 1 aromatic heterocycles. The molecule has 7 heteroatoms. The molecule has 0 radical (unpaired) electrons. The molecule has 1 fully saturated rings. The Hall–Kier alpha value is -2.93. The molecular formula is C22H27N5O2. The first kappa shape index (κ1) is 19.4. The van der Waals surface area contributed by atoms with Crippen molar-refractivity contribution in [2.45, 2.75) is 32.4 Å². The Morgan fingerprint density at radius 1 is 1.07 bits per heavy atom. The minimum Gasteiger partial charge on any atom is -0.508 e. The zero-order chi connectivity index (χ0) is 20.2. The Morgan fingerprint density at radius 2 is 1.76 bits per heavy atom. The molecule has 29 heavy (non-hydrogen) atoms. The third-order valence-corrected chi connectivity index (χ3v) is 5.69. The van der Waals surface area contributed by atoms with Crippen LogP contribution >= 0.6 is 0 Å². The maximum absolute atomic E-state index is 9.74. The average Bonchev–Trinajstić information content (AvgIpc) is 3.19. The molecule has 2 aromatic carbocycles. The fourth-order valence-electron chi connectivity index (χ4n) is 3.89. The van der Waals surface area contributed by atoms with Crippen LogP contribution in [0.25, 0.3) is 0 Å². The van der Waals surface area contributed by atoms with Crippen LogP contribution in [0.15, 0.2) is 48.5 Å². The van der Waals surface area contributed by atoms with Crippen molar-refractivity contribution in [1.29, 1.82) is 0 Å². The highest BCUT2D eigenvalue weighted by Crippen LogP contribution is 2.32. The summed E-state index contributed by atoms with van der Waals surface area (Å²) in [5, 5.41) is 22.4. The number of aromatic hydroxyl groups is 1. The number of benzene rings is 2. The largest absolute Gasteiger partial charge is 0.508 e. The van der Waals surface area contributed by atoms with E-state index in [-0.39, 0.29) is 11.8 Å². The number of hydrogen-bond donors (Lipinski definition) is 1. The van der Waals surface area contributed by atoms with Crippen molar-refractivity contribution in [2.24, 2.45) is 5.92 Å². The minimum atomic E-state index is -0.0450. The molecular weight excluding hydrogens is 366 g/mol. The number of likely N-dealkylation sites (tertiary alicyclic amines) is 1. The molecule has 1 unspecified atom stereocenters. The van der Waals surface area contributed by atoms with Crippen molar-refractivity contribution in [3.63, 3.8) is 0 Å². The number of hydrogen-bond acceptors (Lipinski definition) is 6. The molecule has 0 bridgehead atoms. The van der Waals surface area contributed by atoms with E-state index in [0.29, 0.717) is 6.54 Å². The molecule has 0 amide bonds. The maximum atomic E-state index is 9.74. The standard InChI is InChI=1S/C22H27N5O2/c1-16-11-13-26(14-12-16)21(18-5-7-19(28)8-6-18)22-23-24-25-27(22)15-17-3-9-20(29-2)10-4-17/h3-10,16,21,28H,11-15H2,1-2H3. The topological polar surface area (TPSA) is 76.3 Å². The monoisotopic (exact) mass is 393 g/mol. The van der Waals surface area contributed by atoms with Gasteiger partial charge < -0.3 is 9.84 Å². The summed E-state index contributed by atoms with van der Waals surface area (Å²) >= 11 is 0. The summed E-state index contributed by atoms with van der Waals surface area (Å²) in [7, 11) is 1.66. The molecule has 0 saturated carbocycles. The Labute approximate surface area is 170 Å². The van der Waals surface area contributed by atoms with Crippen molar-refractivity contribution < 1.29 is 9.84 Å². The van der Waals surface area contributed by atoms with Crippen molar-refractivity contribution in [2.75, 3.05) is 20.2 Å². The summed E-state index contributed by atoms with van der Waals surface area (Å²) < 4.78 is 7.12.